The third-order valence-corrected chi connectivity index (χ3v) is 2.61. The van der Waals surface area contributed by atoms with E-state index in [4.69, 9.17) is 10.5 Å². The Hall–Kier alpha value is -2.83. The Labute approximate surface area is 121 Å². The van der Waals surface area contributed by atoms with Gasteiger partial charge in [0.15, 0.2) is 6.61 Å². The van der Waals surface area contributed by atoms with E-state index in [0.717, 1.165) is 5.56 Å². The molecule has 0 aliphatic carbocycles. The number of carbonyl (C=O) groups excluding carboxylic acids is 2. The highest BCUT2D eigenvalue weighted by Crippen LogP contribution is 2.09. The number of aromatic nitrogens is 2. The molecule has 0 unspecified atom stereocenters. The minimum atomic E-state index is -0.558. The molecule has 0 fully saturated rings. The van der Waals surface area contributed by atoms with Crippen LogP contribution in [0.15, 0.2) is 36.7 Å². The number of amides is 1. The predicted octanol–water partition coefficient (Wildman–Crippen LogP) is 0.956. The van der Waals surface area contributed by atoms with Crippen molar-refractivity contribution in [2.75, 3.05) is 17.7 Å². The Balaban J connectivity index is 1.77. The molecule has 7 heteroatoms. The molecule has 1 aromatic carbocycles. The van der Waals surface area contributed by atoms with E-state index in [2.05, 4.69) is 10.4 Å². The molecule has 1 heterocycles. The van der Waals surface area contributed by atoms with Crippen molar-refractivity contribution in [1.82, 2.24) is 9.78 Å². The summed E-state index contributed by atoms with van der Waals surface area (Å²) < 4.78 is 6.21. The number of carbonyl (C=O) groups is 2. The molecule has 3 N–H and O–H groups in total. The van der Waals surface area contributed by atoms with Crippen LogP contribution in [0, 0.1) is 6.92 Å². The second-order valence-corrected chi connectivity index (χ2v) is 4.55. The van der Waals surface area contributed by atoms with Gasteiger partial charge in [-0.3, -0.25) is 14.3 Å². The van der Waals surface area contributed by atoms with Crippen LogP contribution in [-0.2, 0) is 20.9 Å². The van der Waals surface area contributed by atoms with Crippen molar-refractivity contribution in [2.24, 2.45) is 0 Å². The molecule has 0 aliphatic rings. The van der Waals surface area contributed by atoms with Crippen molar-refractivity contribution in [3.8, 4) is 0 Å². The number of rotatable bonds is 5. The highest BCUT2D eigenvalue weighted by Gasteiger charge is 2.09. The van der Waals surface area contributed by atoms with Crippen LogP contribution >= 0.6 is 0 Å². The van der Waals surface area contributed by atoms with Crippen molar-refractivity contribution < 1.29 is 14.3 Å². The summed E-state index contributed by atoms with van der Waals surface area (Å²) >= 11 is 0. The van der Waals surface area contributed by atoms with Crippen LogP contribution < -0.4 is 11.1 Å². The number of aryl methyl sites for hydroxylation is 1. The Morgan fingerprint density at radius 1 is 1.43 bits per heavy atom. The van der Waals surface area contributed by atoms with E-state index in [9.17, 15) is 9.59 Å². The first-order chi connectivity index (χ1) is 10.0. The highest BCUT2D eigenvalue weighted by atomic mass is 16.5. The largest absolute Gasteiger partial charge is 0.454 e. The van der Waals surface area contributed by atoms with Crippen LogP contribution in [0.3, 0.4) is 0 Å². The maximum Gasteiger partial charge on any atom is 0.328 e. The monoisotopic (exact) mass is 288 g/mol. The molecular weight excluding hydrogens is 272 g/mol. The fourth-order valence-corrected chi connectivity index (χ4v) is 1.71. The first-order valence-electron chi connectivity index (χ1n) is 6.33. The lowest BCUT2D eigenvalue weighted by atomic mass is 10.2. The summed E-state index contributed by atoms with van der Waals surface area (Å²) in [5, 5.41) is 6.50. The second kappa shape index (κ2) is 6.56. The van der Waals surface area contributed by atoms with Crippen molar-refractivity contribution in [3.63, 3.8) is 0 Å². The van der Waals surface area contributed by atoms with Crippen LogP contribution in [0.2, 0.25) is 0 Å². The zero-order chi connectivity index (χ0) is 15.2. The van der Waals surface area contributed by atoms with Crippen molar-refractivity contribution in [3.05, 3.63) is 42.2 Å². The molecule has 0 saturated carbocycles. The standard InChI is InChI=1S/C14H16N4O3/c1-10-3-2-4-12(5-10)17-13(19)9-21-14(20)8-18-7-11(15)6-16-18/h2-7H,8-9,15H2,1H3,(H,17,19). The fraction of sp³-hybridized carbons (Fsp3) is 0.214. The van der Waals surface area contributed by atoms with Gasteiger partial charge in [-0.15, -0.1) is 0 Å². The lowest BCUT2D eigenvalue weighted by molar-refractivity contribution is -0.148. The van der Waals surface area contributed by atoms with Crippen molar-refractivity contribution in [1.29, 1.82) is 0 Å². The van der Waals surface area contributed by atoms with E-state index in [-0.39, 0.29) is 13.2 Å². The lowest BCUT2D eigenvalue weighted by Crippen LogP contribution is -2.23. The Morgan fingerprint density at radius 3 is 2.90 bits per heavy atom. The Kier molecular flexibility index (Phi) is 4.55. The van der Waals surface area contributed by atoms with Crippen LogP contribution in [0.4, 0.5) is 11.4 Å². The number of hydrogen-bond acceptors (Lipinski definition) is 5. The van der Waals surface area contributed by atoms with Crippen molar-refractivity contribution in [2.45, 2.75) is 13.5 Å². The molecule has 0 aliphatic heterocycles. The molecule has 0 atom stereocenters. The third-order valence-electron chi connectivity index (χ3n) is 2.61. The van der Waals surface area contributed by atoms with Crippen LogP contribution in [0.5, 0.6) is 0 Å². The van der Waals surface area contributed by atoms with Gasteiger partial charge in [-0.05, 0) is 24.6 Å². The molecule has 0 saturated heterocycles. The Bertz CT molecular complexity index is 651. The van der Waals surface area contributed by atoms with Gasteiger partial charge in [0.2, 0.25) is 0 Å². The zero-order valence-electron chi connectivity index (χ0n) is 11.6. The van der Waals surface area contributed by atoms with Crippen LogP contribution in [-0.4, -0.2) is 28.3 Å². The van der Waals surface area contributed by atoms with Gasteiger partial charge < -0.3 is 15.8 Å². The molecule has 2 aromatic rings. The third kappa shape index (κ3) is 4.64. The molecule has 7 nitrogen and oxygen atoms in total. The number of nitrogens with two attached hydrogens (primary N) is 1. The number of nitrogen functional groups attached to an aromatic ring is 1. The van der Waals surface area contributed by atoms with E-state index in [1.54, 1.807) is 6.07 Å². The summed E-state index contributed by atoms with van der Waals surface area (Å²) in [7, 11) is 0. The number of esters is 1. The van der Waals surface area contributed by atoms with Gasteiger partial charge in [-0.2, -0.15) is 5.10 Å². The summed E-state index contributed by atoms with van der Waals surface area (Å²) in [4.78, 5) is 23.2. The summed E-state index contributed by atoms with van der Waals surface area (Å²) in [6.45, 7) is 1.49. The lowest BCUT2D eigenvalue weighted by Gasteiger charge is -2.07. The van der Waals surface area contributed by atoms with Crippen LogP contribution in [0.1, 0.15) is 5.56 Å². The van der Waals surface area contributed by atoms with Crippen LogP contribution in [0.25, 0.3) is 0 Å². The molecule has 110 valence electrons. The quantitative estimate of drug-likeness (QED) is 0.798. The zero-order valence-corrected chi connectivity index (χ0v) is 11.6. The molecule has 1 amide bonds. The number of benzene rings is 1. The number of ether oxygens (including phenoxy) is 1. The SMILES string of the molecule is Cc1cccc(NC(=O)COC(=O)Cn2cc(N)cn2)c1. The van der Waals surface area contributed by atoms with E-state index >= 15 is 0 Å². The topological polar surface area (TPSA) is 99.2 Å². The fourth-order valence-electron chi connectivity index (χ4n) is 1.71. The predicted molar refractivity (Wildman–Crippen MR) is 77.4 cm³/mol. The summed E-state index contributed by atoms with van der Waals surface area (Å²) in [6, 6.07) is 7.34. The average Bonchev–Trinajstić information content (AvgIpc) is 2.82. The molecule has 21 heavy (non-hydrogen) atoms. The normalized spacial score (nSPS) is 10.1. The van der Waals surface area contributed by atoms with Gasteiger partial charge in [0.25, 0.3) is 5.91 Å². The summed E-state index contributed by atoms with van der Waals surface area (Å²) in [5.74, 6) is -0.952. The average molecular weight is 288 g/mol. The van der Waals surface area contributed by atoms with Gasteiger partial charge in [0.05, 0.1) is 11.9 Å². The number of anilines is 2. The second-order valence-electron chi connectivity index (χ2n) is 4.55. The first kappa shape index (κ1) is 14.6. The molecular formula is C14H16N4O3. The smallest absolute Gasteiger partial charge is 0.328 e. The van der Waals surface area contributed by atoms with Gasteiger partial charge >= 0.3 is 5.97 Å². The number of hydrogen-bond donors (Lipinski definition) is 2. The number of nitrogens with one attached hydrogen (secondary N) is 1. The molecule has 0 radical (unpaired) electrons. The minimum absolute atomic E-state index is 0.0884. The maximum absolute atomic E-state index is 11.7. The van der Waals surface area contributed by atoms with E-state index in [0.29, 0.717) is 11.4 Å². The highest BCUT2D eigenvalue weighted by molar-refractivity contribution is 5.92. The van der Waals surface area contributed by atoms with E-state index < -0.39 is 11.9 Å². The molecule has 2 rings (SSSR count). The number of nitrogens with zero attached hydrogens (tertiary/aromatic N) is 2. The first-order valence-corrected chi connectivity index (χ1v) is 6.33. The molecule has 0 bridgehead atoms. The maximum atomic E-state index is 11.7. The van der Waals surface area contributed by atoms with Gasteiger partial charge in [-0.25, -0.2) is 0 Å². The minimum Gasteiger partial charge on any atom is -0.454 e. The van der Waals surface area contributed by atoms with Gasteiger partial charge in [0.1, 0.15) is 6.54 Å². The van der Waals surface area contributed by atoms with Crippen molar-refractivity contribution >= 4 is 23.3 Å². The van der Waals surface area contributed by atoms with E-state index in [1.807, 2.05) is 25.1 Å². The molecule has 0 spiro atoms. The summed E-state index contributed by atoms with van der Waals surface area (Å²) in [5.41, 5.74) is 7.63. The summed E-state index contributed by atoms with van der Waals surface area (Å²) in [6.07, 6.45) is 2.94. The Morgan fingerprint density at radius 2 is 2.24 bits per heavy atom. The van der Waals surface area contributed by atoms with E-state index in [1.165, 1.54) is 17.1 Å². The van der Waals surface area contributed by atoms with Gasteiger partial charge in [0, 0.05) is 11.9 Å². The molecule has 1 aromatic heterocycles. The van der Waals surface area contributed by atoms with Gasteiger partial charge in [-0.1, -0.05) is 12.1 Å².